The van der Waals surface area contributed by atoms with E-state index in [-0.39, 0.29) is 0 Å². The van der Waals surface area contributed by atoms with Crippen LogP contribution in [0.25, 0.3) is 0 Å². The van der Waals surface area contributed by atoms with E-state index in [1.165, 1.54) is 83.5 Å². The number of unbranched alkanes of at least 4 members (excludes halogenated alkanes) is 13. The Morgan fingerprint density at radius 1 is 0.652 bits per heavy atom. The van der Waals surface area contributed by atoms with Crippen molar-refractivity contribution in [2.75, 3.05) is 6.61 Å². The number of thiol groups is 1. The van der Waals surface area contributed by atoms with Crippen molar-refractivity contribution in [3.05, 3.63) is 12.2 Å². The van der Waals surface area contributed by atoms with Crippen LogP contribution in [0.4, 0.5) is 0 Å². The Balaban J connectivity index is 3.08. The van der Waals surface area contributed by atoms with Crippen LogP contribution in [0.1, 0.15) is 103 Å². The Morgan fingerprint density at radius 3 is 1.57 bits per heavy atom. The van der Waals surface area contributed by atoms with E-state index >= 15 is 0 Å². The molecule has 0 aliphatic carbocycles. The zero-order valence-electron chi connectivity index (χ0n) is 15.1. The van der Waals surface area contributed by atoms with Crippen LogP contribution >= 0.6 is 0 Å². The highest BCUT2D eigenvalue weighted by molar-refractivity contribution is 7.67. The molecule has 0 aliphatic heterocycles. The molecule has 0 fully saturated rings. The molecule has 0 saturated heterocycles. The SMILES string of the molecule is CCCCCCCC/C=C\CCCCCCCCCO[SH](=O)=O. The van der Waals surface area contributed by atoms with Crippen molar-refractivity contribution in [3.63, 3.8) is 0 Å². The first kappa shape index (κ1) is 22.6. The van der Waals surface area contributed by atoms with Gasteiger partial charge in [-0.2, -0.15) is 0 Å². The highest BCUT2D eigenvalue weighted by Gasteiger charge is 1.93. The molecule has 0 amide bonds. The van der Waals surface area contributed by atoms with Gasteiger partial charge in [0.15, 0.2) is 0 Å². The van der Waals surface area contributed by atoms with Gasteiger partial charge in [-0.3, -0.25) is 4.18 Å². The summed E-state index contributed by atoms with van der Waals surface area (Å²) in [6, 6.07) is 0. The van der Waals surface area contributed by atoms with Crippen molar-refractivity contribution < 1.29 is 12.6 Å². The van der Waals surface area contributed by atoms with Gasteiger partial charge in [-0.25, -0.2) is 8.42 Å². The third-order valence-electron chi connectivity index (χ3n) is 4.10. The zero-order valence-corrected chi connectivity index (χ0v) is 16.0. The lowest BCUT2D eigenvalue weighted by Gasteiger charge is -2.00. The molecule has 0 rings (SSSR count). The van der Waals surface area contributed by atoms with Crippen molar-refractivity contribution in [3.8, 4) is 0 Å². The van der Waals surface area contributed by atoms with Gasteiger partial charge < -0.3 is 0 Å². The minimum Gasteiger partial charge on any atom is -0.272 e. The summed E-state index contributed by atoms with van der Waals surface area (Å²) < 4.78 is 24.9. The van der Waals surface area contributed by atoms with E-state index in [1.807, 2.05) is 0 Å². The average Bonchev–Trinajstić information content (AvgIpc) is 2.53. The molecule has 4 heteroatoms. The molecule has 0 saturated carbocycles. The number of rotatable bonds is 18. The third-order valence-corrected chi connectivity index (χ3v) is 4.50. The maximum atomic E-state index is 10.2. The fourth-order valence-electron chi connectivity index (χ4n) is 2.67. The topological polar surface area (TPSA) is 43.4 Å². The molecule has 0 N–H and O–H groups in total. The predicted molar refractivity (Wildman–Crippen MR) is 100 cm³/mol. The van der Waals surface area contributed by atoms with Crippen LogP contribution in [0.5, 0.6) is 0 Å². The minimum absolute atomic E-state index is 0.349. The molecular weight excluding hydrogens is 308 g/mol. The maximum absolute atomic E-state index is 10.2. The maximum Gasteiger partial charge on any atom is 0.257 e. The van der Waals surface area contributed by atoms with Crippen molar-refractivity contribution in [1.82, 2.24) is 0 Å². The predicted octanol–water partition coefficient (Wildman–Crippen LogP) is 5.96. The summed E-state index contributed by atoms with van der Waals surface area (Å²) in [4.78, 5) is 0. The minimum atomic E-state index is -2.65. The van der Waals surface area contributed by atoms with Gasteiger partial charge in [0.05, 0.1) is 6.61 Å². The number of hydrogen-bond acceptors (Lipinski definition) is 3. The fourth-order valence-corrected chi connectivity index (χ4v) is 2.94. The van der Waals surface area contributed by atoms with Crippen LogP contribution in [-0.2, 0) is 15.2 Å². The average molecular weight is 347 g/mol. The summed E-state index contributed by atoms with van der Waals surface area (Å²) >= 11 is 0. The first-order chi connectivity index (χ1) is 11.3. The lowest BCUT2D eigenvalue weighted by atomic mass is 10.1. The van der Waals surface area contributed by atoms with Crippen molar-refractivity contribution in [1.29, 1.82) is 0 Å². The number of hydrogen-bond donors (Lipinski definition) is 1. The van der Waals surface area contributed by atoms with E-state index in [0.29, 0.717) is 6.61 Å². The fraction of sp³-hybridized carbons (Fsp3) is 0.895. The summed E-state index contributed by atoms with van der Waals surface area (Å²) in [6.45, 7) is 2.61. The molecule has 0 aromatic carbocycles. The van der Waals surface area contributed by atoms with Gasteiger partial charge in [0.2, 0.25) is 0 Å². The van der Waals surface area contributed by atoms with Crippen LogP contribution < -0.4 is 0 Å². The van der Waals surface area contributed by atoms with E-state index < -0.39 is 11.0 Å². The smallest absolute Gasteiger partial charge is 0.257 e. The Hall–Kier alpha value is -0.350. The molecule has 3 nitrogen and oxygen atoms in total. The highest BCUT2D eigenvalue weighted by Crippen LogP contribution is 2.10. The molecule has 0 atom stereocenters. The van der Waals surface area contributed by atoms with Crippen LogP contribution in [0.15, 0.2) is 12.2 Å². The van der Waals surface area contributed by atoms with Crippen molar-refractivity contribution >= 4 is 11.0 Å². The van der Waals surface area contributed by atoms with Crippen molar-refractivity contribution in [2.45, 2.75) is 103 Å². The molecular formula is C19H38O3S. The standard InChI is InChI=1S/C19H38O3S/c1-2-3-4-5-6-7-8-9-10-11-12-13-14-15-16-17-18-19-22-23(20)21/h9-10,23H,2-8,11-19H2,1H3/b10-9-. The first-order valence-electron chi connectivity index (χ1n) is 9.69. The Morgan fingerprint density at radius 2 is 1.09 bits per heavy atom. The van der Waals surface area contributed by atoms with Gasteiger partial charge in [0.25, 0.3) is 11.0 Å². The van der Waals surface area contributed by atoms with Crippen molar-refractivity contribution in [2.24, 2.45) is 0 Å². The zero-order chi connectivity index (χ0) is 17.0. The monoisotopic (exact) mass is 346 g/mol. The number of allylic oxidation sites excluding steroid dienone is 2. The van der Waals surface area contributed by atoms with Gasteiger partial charge in [-0.05, 0) is 32.1 Å². The Labute approximate surface area is 146 Å². The second-order valence-electron chi connectivity index (χ2n) is 6.35. The third kappa shape index (κ3) is 21.6. The molecule has 23 heavy (non-hydrogen) atoms. The van der Waals surface area contributed by atoms with Gasteiger partial charge in [-0.15, -0.1) is 0 Å². The molecule has 138 valence electrons. The van der Waals surface area contributed by atoms with Crippen LogP contribution in [0.2, 0.25) is 0 Å². The molecule has 0 bridgehead atoms. The van der Waals surface area contributed by atoms with Crippen LogP contribution in [-0.4, -0.2) is 15.0 Å². The summed E-state index contributed by atoms with van der Waals surface area (Å²) in [5, 5.41) is 0. The lowest BCUT2D eigenvalue weighted by Crippen LogP contribution is -1.92. The van der Waals surface area contributed by atoms with Gasteiger partial charge in [0, 0.05) is 0 Å². The molecule has 0 spiro atoms. The summed E-state index contributed by atoms with van der Waals surface area (Å²) in [6.07, 6.45) is 23.7. The molecule has 0 unspecified atom stereocenters. The largest absolute Gasteiger partial charge is 0.272 e. The molecule has 0 aromatic rings. The van der Waals surface area contributed by atoms with Gasteiger partial charge in [0.1, 0.15) is 0 Å². The highest BCUT2D eigenvalue weighted by atomic mass is 32.2. The summed E-state index contributed by atoms with van der Waals surface area (Å²) in [5.74, 6) is 0. The van der Waals surface area contributed by atoms with Gasteiger partial charge in [-0.1, -0.05) is 83.3 Å². The summed E-state index contributed by atoms with van der Waals surface area (Å²) in [5.41, 5.74) is 0. The van der Waals surface area contributed by atoms with E-state index in [0.717, 1.165) is 12.8 Å². The normalized spacial score (nSPS) is 11.7. The molecule has 0 aliphatic rings. The molecule has 0 heterocycles. The second kappa shape index (κ2) is 19.7. The van der Waals surface area contributed by atoms with Crippen LogP contribution in [0.3, 0.4) is 0 Å². The van der Waals surface area contributed by atoms with Crippen LogP contribution in [0, 0.1) is 0 Å². The van der Waals surface area contributed by atoms with E-state index in [2.05, 4.69) is 23.3 Å². The van der Waals surface area contributed by atoms with E-state index in [4.69, 9.17) is 0 Å². The first-order valence-corrected chi connectivity index (χ1v) is 10.8. The lowest BCUT2D eigenvalue weighted by molar-refractivity contribution is 0.319. The molecule has 0 radical (unpaired) electrons. The van der Waals surface area contributed by atoms with E-state index in [1.54, 1.807) is 0 Å². The van der Waals surface area contributed by atoms with Gasteiger partial charge >= 0.3 is 0 Å². The Bertz CT molecular complexity index is 317. The molecule has 0 aromatic heterocycles. The second-order valence-corrected chi connectivity index (χ2v) is 7.05. The summed E-state index contributed by atoms with van der Waals surface area (Å²) in [7, 11) is -2.65. The Kier molecular flexibility index (Phi) is 19.4. The van der Waals surface area contributed by atoms with E-state index in [9.17, 15) is 8.42 Å². The quantitative estimate of drug-likeness (QED) is 0.189.